The van der Waals surface area contributed by atoms with Crippen LogP contribution in [0.3, 0.4) is 0 Å². The van der Waals surface area contributed by atoms with E-state index in [0.717, 1.165) is 16.6 Å². The van der Waals surface area contributed by atoms with Crippen molar-refractivity contribution in [2.45, 2.75) is 25.4 Å². The van der Waals surface area contributed by atoms with Crippen molar-refractivity contribution in [2.75, 3.05) is 0 Å². The first kappa shape index (κ1) is 14.6. The molecule has 1 N–H and O–H groups in total. The summed E-state index contributed by atoms with van der Waals surface area (Å²) < 4.78 is 1.99. The zero-order valence-electron chi connectivity index (χ0n) is 13.1. The third kappa shape index (κ3) is 2.48. The number of para-hydroxylation sites is 2. The van der Waals surface area contributed by atoms with E-state index in [-0.39, 0.29) is 11.7 Å². The van der Waals surface area contributed by atoms with E-state index < -0.39 is 5.92 Å². The van der Waals surface area contributed by atoms with Crippen LogP contribution in [-0.4, -0.2) is 21.2 Å². The van der Waals surface area contributed by atoms with E-state index in [4.69, 9.17) is 0 Å². The smallest absolute Gasteiger partial charge is 0.238 e. The SMILES string of the molecule is O=C1CCn2c(nc3ccccc32)C1C(=O)NCc1ccccc1. The molecule has 1 unspecified atom stereocenters. The fraction of sp³-hybridized carbons (Fsp3) is 0.211. The molecule has 0 spiro atoms. The van der Waals surface area contributed by atoms with Crippen molar-refractivity contribution in [3.05, 3.63) is 66.0 Å². The standard InChI is InChI=1S/C19H17N3O2/c23-16-10-11-22-15-9-5-4-8-14(15)21-18(22)17(16)19(24)20-12-13-6-2-1-3-7-13/h1-9,17H,10-12H2,(H,20,24). The van der Waals surface area contributed by atoms with Gasteiger partial charge in [0.15, 0.2) is 11.7 Å². The quantitative estimate of drug-likeness (QED) is 0.754. The summed E-state index contributed by atoms with van der Waals surface area (Å²) >= 11 is 0. The Morgan fingerprint density at radius 3 is 2.71 bits per heavy atom. The minimum atomic E-state index is -0.824. The second-order valence-electron chi connectivity index (χ2n) is 5.96. The first-order valence-corrected chi connectivity index (χ1v) is 8.03. The highest BCUT2D eigenvalue weighted by Gasteiger charge is 2.36. The number of hydrogen-bond donors (Lipinski definition) is 1. The Balaban J connectivity index is 1.63. The van der Waals surface area contributed by atoms with Crippen molar-refractivity contribution in [1.29, 1.82) is 0 Å². The van der Waals surface area contributed by atoms with E-state index in [9.17, 15) is 9.59 Å². The van der Waals surface area contributed by atoms with Crippen LogP contribution >= 0.6 is 0 Å². The number of Topliss-reactive ketones (excluding diaryl/α,β-unsaturated/α-hetero) is 1. The van der Waals surface area contributed by atoms with Crippen LogP contribution in [0.4, 0.5) is 0 Å². The maximum absolute atomic E-state index is 12.6. The van der Waals surface area contributed by atoms with Gasteiger partial charge >= 0.3 is 0 Å². The van der Waals surface area contributed by atoms with Crippen molar-refractivity contribution < 1.29 is 9.59 Å². The van der Waals surface area contributed by atoms with Crippen LogP contribution in [0.2, 0.25) is 0 Å². The molecule has 0 fully saturated rings. The van der Waals surface area contributed by atoms with Crippen LogP contribution < -0.4 is 5.32 Å². The first-order valence-electron chi connectivity index (χ1n) is 8.03. The number of ketones is 1. The van der Waals surface area contributed by atoms with E-state index in [1.807, 2.05) is 59.2 Å². The fourth-order valence-electron chi connectivity index (χ4n) is 3.21. The molecule has 0 radical (unpaired) electrons. The largest absolute Gasteiger partial charge is 0.351 e. The maximum Gasteiger partial charge on any atom is 0.238 e. The minimum Gasteiger partial charge on any atom is -0.351 e. The van der Waals surface area contributed by atoms with E-state index in [1.165, 1.54) is 0 Å². The number of aromatic nitrogens is 2. The lowest BCUT2D eigenvalue weighted by Crippen LogP contribution is -2.38. The van der Waals surface area contributed by atoms with Gasteiger partial charge in [0.2, 0.25) is 5.91 Å². The number of aryl methyl sites for hydroxylation is 1. The topological polar surface area (TPSA) is 64.0 Å². The second-order valence-corrected chi connectivity index (χ2v) is 5.96. The predicted octanol–water partition coefficient (Wildman–Crippen LogP) is 2.41. The highest BCUT2D eigenvalue weighted by Crippen LogP contribution is 2.28. The normalized spacial score (nSPS) is 16.8. The molecule has 0 aliphatic carbocycles. The summed E-state index contributed by atoms with van der Waals surface area (Å²) in [5.74, 6) is -0.614. The molecule has 2 heterocycles. The molecule has 1 aromatic heterocycles. The van der Waals surface area contributed by atoms with E-state index in [0.29, 0.717) is 25.3 Å². The lowest BCUT2D eigenvalue weighted by Gasteiger charge is -2.22. The molecule has 120 valence electrons. The summed E-state index contributed by atoms with van der Waals surface area (Å²) in [6.07, 6.45) is 0.358. The molecule has 1 aliphatic heterocycles. The number of nitrogens with zero attached hydrogens (tertiary/aromatic N) is 2. The predicted molar refractivity (Wildman–Crippen MR) is 90.4 cm³/mol. The zero-order chi connectivity index (χ0) is 16.5. The van der Waals surface area contributed by atoms with Gasteiger partial charge in [-0.3, -0.25) is 9.59 Å². The minimum absolute atomic E-state index is 0.0663. The third-order valence-corrected chi connectivity index (χ3v) is 4.42. The number of rotatable bonds is 3. The Bertz CT molecular complexity index is 915. The molecule has 0 bridgehead atoms. The molecule has 3 aromatic rings. The summed E-state index contributed by atoms with van der Waals surface area (Å²) in [4.78, 5) is 29.6. The van der Waals surface area contributed by atoms with Gasteiger partial charge in [-0.25, -0.2) is 4.98 Å². The van der Waals surface area contributed by atoms with Crippen LogP contribution in [0.15, 0.2) is 54.6 Å². The Morgan fingerprint density at radius 2 is 1.88 bits per heavy atom. The first-order chi connectivity index (χ1) is 11.7. The van der Waals surface area contributed by atoms with Gasteiger partial charge in [-0.1, -0.05) is 42.5 Å². The zero-order valence-corrected chi connectivity index (χ0v) is 13.1. The van der Waals surface area contributed by atoms with Gasteiger partial charge in [0, 0.05) is 19.5 Å². The highest BCUT2D eigenvalue weighted by atomic mass is 16.2. The van der Waals surface area contributed by atoms with Crippen molar-refractivity contribution in [2.24, 2.45) is 0 Å². The summed E-state index contributed by atoms with van der Waals surface area (Å²) in [7, 11) is 0. The molecule has 4 rings (SSSR count). The van der Waals surface area contributed by atoms with Crippen LogP contribution in [0.25, 0.3) is 11.0 Å². The monoisotopic (exact) mass is 319 g/mol. The van der Waals surface area contributed by atoms with Crippen molar-refractivity contribution in [1.82, 2.24) is 14.9 Å². The molecule has 0 saturated heterocycles. The summed E-state index contributed by atoms with van der Waals surface area (Å²) in [6, 6.07) is 17.4. The molecule has 1 aliphatic rings. The van der Waals surface area contributed by atoms with Crippen LogP contribution in [-0.2, 0) is 22.7 Å². The molecule has 24 heavy (non-hydrogen) atoms. The van der Waals surface area contributed by atoms with Crippen molar-refractivity contribution in [3.63, 3.8) is 0 Å². The number of amides is 1. The molecular formula is C19H17N3O2. The molecule has 5 nitrogen and oxygen atoms in total. The summed E-state index contributed by atoms with van der Waals surface area (Å²) in [6.45, 7) is 0.987. The molecule has 5 heteroatoms. The third-order valence-electron chi connectivity index (χ3n) is 4.42. The van der Waals surface area contributed by atoms with Gasteiger partial charge in [0.1, 0.15) is 5.82 Å². The molecule has 1 amide bonds. The molecule has 0 saturated carbocycles. The van der Waals surface area contributed by atoms with E-state index in [1.54, 1.807) is 0 Å². The van der Waals surface area contributed by atoms with Gasteiger partial charge in [0.05, 0.1) is 11.0 Å². The summed E-state index contributed by atoms with van der Waals surface area (Å²) in [5, 5.41) is 2.87. The van der Waals surface area contributed by atoms with Crippen molar-refractivity contribution in [3.8, 4) is 0 Å². The number of fused-ring (bicyclic) bond motifs is 3. The van der Waals surface area contributed by atoms with E-state index in [2.05, 4.69) is 10.3 Å². The second kappa shape index (κ2) is 5.92. The number of hydrogen-bond acceptors (Lipinski definition) is 3. The Kier molecular flexibility index (Phi) is 3.61. The highest BCUT2D eigenvalue weighted by molar-refractivity contribution is 6.07. The van der Waals surface area contributed by atoms with Gasteiger partial charge in [-0.05, 0) is 17.7 Å². The molecule has 1 atom stereocenters. The average Bonchev–Trinajstić information content (AvgIpc) is 2.99. The number of nitrogens with one attached hydrogen (secondary N) is 1. The lowest BCUT2D eigenvalue weighted by molar-refractivity contribution is -0.131. The number of benzene rings is 2. The van der Waals surface area contributed by atoms with Crippen molar-refractivity contribution >= 4 is 22.7 Å². The van der Waals surface area contributed by atoms with Crippen LogP contribution in [0, 0.1) is 0 Å². The molecule has 2 aromatic carbocycles. The Morgan fingerprint density at radius 1 is 1.12 bits per heavy atom. The van der Waals surface area contributed by atoms with Crippen LogP contribution in [0.1, 0.15) is 23.7 Å². The molecular weight excluding hydrogens is 302 g/mol. The Hall–Kier alpha value is -2.95. The van der Waals surface area contributed by atoms with E-state index >= 15 is 0 Å². The lowest BCUT2D eigenvalue weighted by atomic mass is 9.96. The van der Waals surface area contributed by atoms with Gasteiger partial charge in [-0.15, -0.1) is 0 Å². The van der Waals surface area contributed by atoms with Gasteiger partial charge in [0.25, 0.3) is 0 Å². The average molecular weight is 319 g/mol. The Labute approximate surface area is 139 Å². The number of carbonyl (C=O) groups is 2. The fourth-order valence-corrected chi connectivity index (χ4v) is 3.21. The number of carbonyl (C=O) groups excluding carboxylic acids is 2. The number of imidazole rings is 1. The maximum atomic E-state index is 12.6. The van der Waals surface area contributed by atoms with Gasteiger partial charge < -0.3 is 9.88 Å². The van der Waals surface area contributed by atoms with Crippen LogP contribution in [0.5, 0.6) is 0 Å². The van der Waals surface area contributed by atoms with Gasteiger partial charge in [-0.2, -0.15) is 0 Å². The summed E-state index contributed by atoms with van der Waals surface area (Å²) in [5.41, 5.74) is 2.80.